The van der Waals surface area contributed by atoms with E-state index in [2.05, 4.69) is 23.3 Å². The maximum atomic E-state index is 11.5. The zero-order valence-corrected chi connectivity index (χ0v) is 15.1. The molecule has 2 unspecified atom stereocenters. The third kappa shape index (κ3) is 10.2. The summed E-state index contributed by atoms with van der Waals surface area (Å²) in [6.45, 7) is -0.567. The minimum absolute atomic E-state index is 0. The Balaban J connectivity index is 0. The van der Waals surface area contributed by atoms with Gasteiger partial charge in [0, 0.05) is 31.7 Å². The van der Waals surface area contributed by atoms with Crippen LogP contribution in [0.15, 0.2) is 0 Å². The van der Waals surface area contributed by atoms with E-state index in [1.807, 2.05) is 0 Å². The van der Waals surface area contributed by atoms with Gasteiger partial charge in [-0.25, -0.2) is 0 Å². The number of nitrogens with two attached hydrogens (primary N) is 1. The normalized spacial score (nSPS) is 12.5. The molecule has 0 aliphatic carbocycles. The molecule has 6 N–H and O–H groups in total. The topological polar surface area (TPSA) is 159 Å². The van der Waals surface area contributed by atoms with E-state index in [1.165, 1.54) is 0 Å². The fraction of sp³-hybridized carbons (Fsp3) is 0.600. The average molecular weight is 373 g/mol. The van der Waals surface area contributed by atoms with Gasteiger partial charge in [-0.1, -0.05) is 0 Å². The summed E-state index contributed by atoms with van der Waals surface area (Å²) in [5.41, 5.74) is 5.23. The number of nitrogens with one attached hydrogen (secondary N) is 2. The molecular formula is C10H17N3O6SZn. The maximum Gasteiger partial charge on any atom is 0.322 e. The van der Waals surface area contributed by atoms with Crippen LogP contribution in [0.4, 0.5) is 0 Å². The van der Waals surface area contributed by atoms with Crippen molar-refractivity contribution in [2.75, 3.05) is 12.3 Å². The molecule has 0 fully saturated rings. The van der Waals surface area contributed by atoms with Crippen molar-refractivity contribution in [1.82, 2.24) is 10.6 Å². The Hall–Kier alpha value is -1.19. The monoisotopic (exact) mass is 371 g/mol. The Morgan fingerprint density at radius 2 is 1.76 bits per heavy atom. The van der Waals surface area contributed by atoms with Crippen LogP contribution in [-0.4, -0.2) is 58.3 Å². The summed E-state index contributed by atoms with van der Waals surface area (Å²) in [6.07, 6.45) is -0.235. The minimum atomic E-state index is -1.22. The van der Waals surface area contributed by atoms with Crippen LogP contribution < -0.4 is 16.4 Å². The van der Waals surface area contributed by atoms with Crippen molar-refractivity contribution in [2.24, 2.45) is 5.73 Å². The van der Waals surface area contributed by atoms with Crippen LogP contribution in [0.5, 0.6) is 0 Å². The van der Waals surface area contributed by atoms with Crippen LogP contribution >= 0.6 is 12.6 Å². The van der Waals surface area contributed by atoms with Crippen molar-refractivity contribution in [1.29, 1.82) is 0 Å². The number of carboxylic acid groups (broad SMARTS) is 2. The first-order valence-corrected chi connectivity index (χ1v) is 6.29. The van der Waals surface area contributed by atoms with Gasteiger partial charge >= 0.3 is 11.9 Å². The maximum absolute atomic E-state index is 11.5. The molecule has 0 aromatic heterocycles. The Morgan fingerprint density at radius 1 is 1.19 bits per heavy atom. The smallest absolute Gasteiger partial charge is 0.322 e. The summed E-state index contributed by atoms with van der Waals surface area (Å²) in [5.74, 6) is -3.70. The van der Waals surface area contributed by atoms with Crippen molar-refractivity contribution in [3.8, 4) is 0 Å². The molecule has 2 atom stereocenters. The molecule has 21 heavy (non-hydrogen) atoms. The van der Waals surface area contributed by atoms with Gasteiger partial charge in [-0.3, -0.25) is 19.2 Å². The minimum Gasteiger partial charge on any atom is -0.480 e. The van der Waals surface area contributed by atoms with Gasteiger partial charge in [0.1, 0.15) is 18.6 Å². The summed E-state index contributed by atoms with van der Waals surface area (Å²) in [4.78, 5) is 43.7. The van der Waals surface area contributed by atoms with E-state index in [0.717, 1.165) is 0 Å². The van der Waals surface area contributed by atoms with Gasteiger partial charge in [0.05, 0.1) is 0 Å². The largest absolute Gasteiger partial charge is 0.480 e. The molecule has 0 rings (SSSR count). The third-order valence-corrected chi connectivity index (χ3v) is 2.61. The predicted molar refractivity (Wildman–Crippen MR) is 71.3 cm³/mol. The van der Waals surface area contributed by atoms with Crippen LogP contribution in [0.3, 0.4) is 0 Å². The van der Waals surface area contributed by atoms with Gasteiger partial charge < -0.3 is 26.6 Å². The van der Waals surface area contributed by atoms with Gasteiger partial charge in [0.25, 0.3) is 0 Å². The zero-order valence-electron chi connectivity index (χ0n) is 11.2. The molecule has 0 aromatic rings. The summed E-state index contributed by atoms with van der Waals surface area (Å²) >= 11 is 3.87. The summed E-state index contributed by atoms with van der Waals surface area (Å²) in [5, 5.41) is 21.4. The Kier molecular flexibility index (Phi) is 12.1. The molecule has 0 saturated heterocycles. The first-order valence-electron chi connectivity index (χ1n) is 5.66. The van der Waals surface area contributed by atoms with Crippen LogP contribution in [0.1, 0.15) is 12.8 Å². The van der Waals surface area contributed by atoms with Gasteiger partial charge in [0.15, 0.2) is 0 Å². The molecule has 116 valence electrons. The van der Waals surface area contributed by atoms with Crippen molar-refractivity contribution in [2.45, 2.75) is 24.9 Å². The number of carbonyl (C=O) groups is 4. The molecule has 0 heterocycles. The van der Waals surface area contributed by atoms with E-state index in [4.69, 9.17) is 15.9 Å². The summed E-state index contributed by atoms with van der Waals surface area (Å²) in [6, 6.07) is -2.15. The first-order chi connectivity index (χ1) is 9.27. The predicted octanol–water partition coefficient (Wildman–Crippen LogP) is -2.21. The van der Waals surface area contributed by atoms with Crippen molar-refractivity contribution >= 4 is 36.4 Å². The van der Waals surface area contributed by atoms with Gasteiger partial charge in [0.2, 0.25) is 11.8 Å². The summed E-state index contributed by atoms with van der Waals surface area (Å²) in [7, 11) is 0. The average Bonchev–Trinajstić information content (AvgIpc) is 2.38. The molecule has 0 radical (unpaired) electrons. The number of amides is 2. The molecule has 0 aliphatic heterocycles. The van der Waals surface area contributed by atoms with Crippen molar-refractivity contribution in [3.63, 3.8) is 0 Å². The molecule has 11 heteroatoms. The SMILES string of the molecule is NC(CCC(=O)NC(CS)C(=O)NCC(=O)O)C(=O)O.[Zn]. The van der Waals surface area contributed by atoms with E-state index in [0.29, 0.717) is 0 Å². The molecule has 2 amide bonds. The number of aliphatic carboxylic acids is 2. The number of carbonyl (C=O) groups excluding carboxylic acids is 2. The van der Waals surface area contributed by atoms with Crippen LogP contribution in [0.25, 0.3) is 0 Å². The molecule has 0 spiro atoms. The van der Waals surface area contributed by atoms with Crippen LogP contribution in [0.2, 0.25) is 0 Å². The fourth-order valence-corrected chi connectivity index (χ4v) is 1.41. The van der Waals surface area contributed by atoms with Crippen LogP contribution in [-0.2, 0) is 38.7 Å². The number of rotatable bonds is 9. The zero-order chi connectivity index (χ0) is 15.7. The van der Waals surface area contributed by atoms with E-state index in [-0.39, 0.29) is 38.1 Å². The van der Waals surface area contributed by atoms with Crippen LogP contribution in [0, 0.1) is 0 Å². The number of carboxylic acids is 2. The third-order valence-electron chi connectivity index (χ3n) is 2.25. The number of hydrogen-bond donors (Lipinski definition) is 6. The molecule has 0 bridgehead atoms. The van der Waals surface area contributed by atoms with E-state index in [1.54, 1.807) is 0 Å². The molecule has 0 aromatic carbocycles. The van der Waals surface area contributed by atoms with Gasteiger partial charge in [-0.15, -0.1) is 0 Å². The first kappa shape index (κ1) is 22.1. The number of thiol groups is 1. The fourth-order valence-electron chi connectivity index (χ4n) is 1.16. The molecule has 0 saturated carbocycles. The van der Waals surface area contributed by atoms with Gasteiger partial charge in [-0.2, -0.15) is 12.6 Å². The van der Waals surface area contributed by atoms with E-state index < -0.39 is 42.4 Å². The summed E-state index contributed by atoms with van der Waals surface area (Å²) < 4.78 is 0. The van der Waals surface area contributed by atoms with E-state index in [9.17, 15) is 19.2 Å². The second-order valence-electron chi connectivity index (χ2n) is 3.90. The number of hydrogen-bond acceptors (Lipinski definition) is 6. The molecule has 9 nitrogen and oxygen atoms in total. The Labute approximate surface area is 139 Å². The second-order valence-corrected chi connectivity index (χ2v) is 4.26. The Morgan fingerprint density at radius 3 is 2.19 bits per heavy atom. The molecule has 0 aliphatic rings. The Bertz CT molecular complexity index is 395. The standard InChI is InChI=1S/C10H17N3O6S.Zn/c11-5(10(18)19)1-2-7(14)13-6(4-20)9(17)12-3-8(15)16;/h5-6,20H,1-4,11H2,(H,12,17)(H,13,14)(H,15,16)(H,18,19);. The quantitative estimate of drug-likeness (QED) is 0.198. The van der Waals surface area contributed by atoms with Crippen molar-refractivity contribution < 1.29 is 48.9 Å². The van der Waals surface area contributed by atoms with E-state index >= 15 is 0 Å². The molecular weight excluding hydrogens is 356 g/mol. The van der Waals surface area contributed by atoms with Gasteiger partial charge in [-0.05, 0) is 6.42 Å². The second kappa shape index (κ2) is 11.5. The van der Waals surface area contributed by atoms with Crippen molar-refractivity contribution in [3.05, 3.63) is 0 Å².